The number of hydrogen-bond acceptors (Lipinski definition) is 6. The lowest BCUT2D eigenvalue weighted by atomic mass is 10.1. The molecule has 2 aliphatic rings. The van der Waals surface area contributed by atoms with E-state index in [9.17, 15) is 19.2 Å². The summed E-state index contributed by atoms with van der Waals surface area (Å²) in [5.74, 6) is -0.530. The Morgan fingerprint density at radius 2 is 1.97 bits per heavy atom. The summed E-state index contributed by atoms with van der Waals surface area (Å²) in [6.45, 7) is 0.866. The molecule has 1 aromatic heterocycles. The monoisotopic (exact) mass is 439 g/mol. The van der Waals surface area contributed by atoms with Crippen LogP contribution in [-0.2, 0) is 20.9 Å². The van der Waals surface area contributed by atoms with Crippen LogP contribution in [0, 0.1) is 5.92 Å². The first-order valence-corrected chi connectivity index (χ1v) is 10.7. The van der Waals surface area contributed by atoms with Gasteiger partial charge >= 0.3 is 0 Å². The summed E-state index contributed by atoms with van der Waals surface area (Å²) in [5, 5.41) is 2.38. The van der Waals surface area contributed by atoms with Gasteiger partial charge in [-0.1, -0.05) is 30.3 Å². The van der Waals surface area contributed by atoms with E-state index in [1.54, 1.807) is 29.4 Å². The van der Waals surface area contributed by atoms with Crippen molar-refractivity contribution in [3.8, 4) is 0 Å². The van der Waals surface area contributed by atoms with Gasteiger partial charge in [0.05, 0.1) is 23.6 Å². The lowest BCUT2D eigenvalue weighted by Crippen LogP contribution is -2.40. The minimum Gasteiger partial charge on any atom is -0.467 e. The molecular formula is C22H21N3O5S. The molecule has 0 spiro atoms. The number of imide groups is 1. The molecule has 1 N–H and O–H groups in total. The van der Waals surface area contributed by atoms with E-state index in [4.69, 9.17) is 4.42 Å². The molecule has 0 radical (unpaired) electrons. The predicted molar refractivity (Wildman–Crippen MR) is 114 cm³/mol. The van der Waals surface area contributed by atoms with Gasteiger partial charge in [-0.2, -0.15) is 0 Å². The van der Waals surface area contributed by atoms with Crippen molar-refractivity contribution < 1.29 is 23.6 Å². The normalized spacial score (nSPS) is 20.2. The summed E-state index contributed by atoms with van der Waals surface area (Å²) < 4.78 is 5.26. The molecule has 1 unspecified atom stereocenters. The fourth-order valence-corrected chi connectivity index (χ4v) is 4.38. The second kappa shape index (κ2) is 9.22. The van der Waals surface area contributed by atoms with Crippen LogP contribution in [-0.4, -0.2) is 52.4 Å². The summed E-state index contributed by atoms with van der Waals surface area (Å²) in [5.41, 5.74) is 0.839. The van der Waals surface area contributed by atoms with Crippen molar-refractivity contribution in [2.24, 2.45) is 5.92 Å². The molecular weight excluding hydrogens is 418 g/mol. The third-order valence-corrected chi connectivity index (χ3v) is 6.03. The Labute approximate surface area is 183 Å². The van der Waals surface area contributed by atoms with Crippen molar-refractivity contribution in [2.75, 3.05) is 19.6 Å². The van der Waals surface area contributed by atoms with Gasteiger partial charge in [0.25, 0.3) is 11.1 Å². The molecule has 2 aromatic rings. The Kier molecular flexibility index (Phi) is 6.22. The predicted octanol–water partition coefficient (Wildman–Crippen LogP) is 2.48. The zero-order valence-electron chi connectivity index (χ0n) is 16.7. The van der Waals surface area contributed by atoms with Gasteiger partial charge in [0.15, 0.2) is 0 Å². The number of amides is 4. The summed E-state index contributed by atoms with van der Waals surface area (Å²) in [7, 11) is 0. The molecule has 0 aliphatic carbocycles. The lowest BCUT2D eigenvalue weighted by Gasteiger charge is -2.16. The number of carbonyl (C=O) groups excluding carboxylic acids is 4. The minimum atomic E-state index is -0.463. The molecule has 2 aliphatic heterocycles. The van der Waals surface area contributed by atoms with Gasteiger partial charge < -0.3 is 14.6 Å². The van der Waals surface area contributed by atoms with Gasteiger partial charge in [-0.3, -0.25) is 24.1 Å². The van der Waals surface area contributed by atoms with Crippen LogP contribution in [0.1, 0.15) is 17.7 Å². The van der Waals surface area contributed by atoms with Crippen molar-refractivity contribution in [1.29, 1.82) is 0 Å². The third-order valence-electron chi connectivity index (χ3n) is 5.12. The van der Waals surface area contributed by atoms with Crippen molar-refractivity contribution in [2.45, 2.75) is 13.0 Å². The molecule has 1 atom stereocenters. The number of furan rings is 1. The first kappa shape index (κ1) is 20.9. The molecule has 4 rings (SSSR count). The number of carbonyl (C=O) groups is 4. The number of benzene rings is 1. The maximum absolute atomic E-state index is 12.5. The zero-order chi connectivity index (χ0) is 21.8. The van der Waals surface area contributed by atoms with Crippen molar-refractivity contribution in [3.63, 3.8) is 0 Å². The summed E-state index contributed by atoms with van der Waals surface area (Å²) in [6.07, 6.45) is 3.36. The van der Waals surface area contributed by atoms with Crippen LogP contribution < -0.4 is 5.32 Å². The van der Waals surface area contributed by atoms with Crippen LogP contribution in [0.3, 0.4) is 0 Å². The quantitative estimate of drug-likeness (QED) is 0.666. The van der Waals surface area contributed by atoms with Crippen LogP contribution >= 0.6 is 11.8 Å². The highest BCUT2D eigenvalue weighted by atomic mass is 32.2. The molecule has 4 amide bonds. The van der Waals surface area contributed by atoms with Crippen LogP contribution in [0.4, 0.5) is 4.79 Å². The molecule has 160 valence electrons. The maximum atomic E-state index is 12.5. The van der Waals surface area contributed by atoms with Gasteiger partial charge in [0.1, 0.15) is 5.76 Å². The van der Waals surface area contributed by atoms with E-state index in [1.165, 1.54) is 0 Å². The lowest BCUT2D eigenvalue weighted by molar-refractivity contribution is -0.129. The molecule has 1 aromatic carbocycles. The smallest absolute Gasteiger partial charge is 0.293 e. The highest BCUT2D eigenvalue weighted by molar-refractivity contribution is 8.18. The maximum Gasteiger partial charge on any atom is 0.293 e. The molecule has 8 nitrogen and oxygen atoms in total. The molecule has 3 heterocycles. The first-order chi connectivity index (χ1) is 15.0. The minimum absolute atomic E-state index is 0.0827. The fourth-order valence-electron chi connectivity index (χ4n) is 3.52. The van der Waals surface area contributed by atoms with E-state index in [0.29, 0.717) is 23.8 Å². The first-order valence-electron chi connectivity index (χ1n) is 9.89. The van der Waals surface area contributed by atoms with E-state index in [2.05, 4.69) is 5.32 Å². The standard InChI is InChI=1S/C22H21N3O5S/c26-19-12-16(13-24(19)14-17-7-4-10-30-17)20(27)23-8-9-25-21(28)18(31-22(25)29)11-15-5-2-1-3-6-15/h1-7,10-11,16H,8-9,12-14H2,(H,23,27). The Morgan fingerprint density at radius 1 is 1.16 bits per heavy atom. The number of rotatable bonds is 7. The average molecular weight is 439 g/mol. The number of nitrogens with zero attached hydrogens (tertiary/aromatic N) is 2. The summed E-state index contributed by atoms with van der Waals surface area (Å²) in [6, 6.07) is 12.8. The van der Waals surface area contributed by atoms with E-state index < -0.39 is 5.92 Å². The Hall–Kier alpha value is -3.33. The molecule has 0 bridgehead atoms. The number of hydrogen-bond donors (Lipinski definition) is 1. The topological polar surface area (TPSA) is 99.9 Å². The van der Waals surface area contributed by atoms with Gasteiger partial charge in [-0.15, -0.1) is 0 Å². The van der Waals surface area contributed by atoms with Crippen LogP contribution in [0.25, 0.3) is 6.08 Å². The highest BCUT2D eigenvalue weighted by Gasteiger charge is 2.36. The molecule has 0 saturated carbocycles. The number of thioether (sulfide) groups is 1. The second-order valence-corrected chi connectivity index (χ2v) is 8.28. The van der Waals surface area contributed by atoms with Crippen LogP contribution in [0.5, 0.6) is 0 Å². The number of likely N-dealkylation sites (tertiary alicyclic amines) is 1. The van der Waals surface area contributed by atoms with Crippen molar-refractivity contribution >= 4 is 40.8 Å². The SMILES string of the molecule is O=C(NCCN1C(=O)SC(=Cc2ccccc2)C1=O)C1CC(=O)N(Cc2ccco2)C1. The van der Waals surface area contributed by atoms with Crippen LogP contribution in [0.2, 0.25) is 0 Å². The van der Waals surface area contributed by atoms with Gasteiger partial charge in [-0.25, -0.2) is 0 Å². The molecule has 2 fully saturated rings. The largest absolute Gasteiger partial charge is 0.467 e. The van der Waals surface area contributed by atoms with Gasteiger partial charge in [0.2, 0.25) is 11.8 Å². The highest BCUT2D eigenvalue weighted by Crippen LogP contribution is 2.31. The third kappa shape index (κ3) is 4.88. The van der Waals surface area contributed by atoms with Crippen molar-refractivity contribution in [1.82, 2.24) is 15.1 Å². The van der Waals surface area contributed by atoms with Crippen molar-refractivity contribution in [3.05, 3.63) is 65.0 Å². The fraction of sp³-hybridized carbons (Fsp3) is 0.273. The number of nitrogens with one attached hydrogen (secondary N) is 1. The molecule has 9 heteroatoms. The van der Waals surface area contributed by atoms with Gasteiger partial charge in [0, 0.05) is 26.1 Å². The van der Waals surface area contributed by atoms with E-state index in [0.717, 1.165) is 22.2 Å². The molecule has 31 heavy (non-hydrogen) atoms. The second-order valence-electron chi connectivity index (χ2n) is 7.29. The van der Waals surface area contributed by atoms with E-state index >= 15 is 0 Å². The Bertz CT molecular complexity index is 1020. The Balaban J connectivity index is 1.27. The van der Waals surface area contributed by atoms with Crippen LogP contribution in [0.15, 0.2) is 58.1 Å². The summed E-state index contributed by atoms with van der Waals surface area (Å²) >= 11 is 0.889. The van der Waals surface area contributed by atoms with Gasteiger partial charge in [-0.05, 0) is 35.5 Å². The van der Waals surface area contributed by atoms with E-state index in [1.807, 2.05) is 30.3 Å². The Morgan fingerprint density at radius 3 is 2.71 bits per heavy atom. The summed E-state index contributed by atoms with van der Waals surface area (Å²) in [4.78, 5) is 52.5. The molecule has 2 saturated heterocycles. The zero-order valence-corrected chi connectivity index (χ0v) is 17.5. The van der Waals surface area contributed by atoms with E-state index in [-0.39, 0.29) is 42.5 Å². The average Bonchev–Trinajstić information content (AvgIpc) is 3.46.